The van der Waals surface area contributed by atoms with Gasteiger partial charge in [0.25, 0.3) is 5.91 Å². The minimum Gasteiger partial charge on any atom is -0.438 e. The molecular weight excluding hydrogens is 232 g/mol. The Kier molecular flexibility index (Phi) is 3.95. The maximum Gasteiger partial charge on any atom is 0.289 e. The van der Waals surface area contributed by atoms with Crippen molar-refractivity contribution >= 4 is 5.91 Å². The zero-order valence-corrected chi connectivity index (χ0v) is 10.3. The lowest BCUT2D eigenvalue weighted by Crippen LogP contribution is -2.44. The first kappa shape index (κ1) is 12.6. The number of likely N-dealkylation sites (tertiary alicyclic amines) is 1. The third kappa shape index (κ3) is 2.87. The summed E-state index contributed by atoms with van der Waals surface area (Å²) in [6.07, 6.45) is 3.00. The van der Waals surface area contributed by atoms with Crippen molar-refractivity contribution in [2.75, 3.05) is 19.6 Å². The molecule has 0 atom stereocenters. The number of hydrogen-bond acceptors (Lipinski definition) is 5. The Labute approximate surface area is 106 Å². The van der Waals surface area contributed by atoms with Gasteiger partial charge in [-0.2, -0.15) is 5.26 Å². The van der Waals surface area contributed by atoms with Crippen LogP contribution in [0.3, 0.4) is 0 Å². The molecule has 1 saturated heterocycles. The third-order valence-electron chi connectivity index (χ3n) is 3.17. The fourth-order valence-electron chi connectivity index (χ4n) is 2.11. The minimum absolute atomic E-state index is 0.150. The molecule has 0 aromatic carbocycles. The molecule has 0 aliphatic carbocycles. The van der Waals surface area contributed by atoms with E-state index in [0.717, 1.165) is 25.9 Å². The van der Waals surface area contributed by atoms with Crippen LogP contribution < -0.4 is 5.32 Å². The first-order chi connectivity index (χ1) is 8.70. The average Bonchev–Trinajstić information content (AvgIpc) is 2.78. The molecule has 0 bridgehead atoms. The quantitative estimate of drug-likeness (QED) is 0.796. The lowest BCUT2D eigenvalue weighted by molar-refractivity contribution is 0.0885. The Morgan fingerprint density at radius 3 is 2.94 bits per heavy atom. The predicted molar refractivity (Wildman–Crippen MR) is 63.8 cm³/mol. The summed E-state index contributed by atoms with van der Waals surface area (Å²) in [6, 6.07) is 2.29. The van der Waals surface area contributed by atoms with Crippen molar-refractivity contribution in [1.82, 2.24) is 15.2 Å². The van der Waals surface area contributed by atoms with Crippen LogP contribution in [0.1, 0.15) is 29.1 Å². The van der Waals surface area contributed by atoms with Crippen LogP contribution in [0.25, 0.3) is 0 Å². The first-order valence-electron chi connectivity index (χ1n) is 6.01. The number of piperidine rings is 1. The van der Waals surface area contributed by atoms with Gasteiger partial charge < -0.3 is 9.73 Å². The van der Waals surface area contributed by atoms with Gasteiger partial charge in [0.1, 0.15) is 0 Å². The molecule has 18 heavy (non-hydrogen) atoms. The van der Waals surface area contributed by atoms with E-state index in [0.29, 0.717) is 12.2 Å². The Balaban J connectivity index is 1.84. The molecule has 6 heteroatoms. The van der Waals surface area contributed by atoms with Crippen LogP contribution in [0.2, 0.25) is 0 Å². The number of oxazole rings is 1. The average molecular weight is 248 g/mol. The zero-order valence-electron chi connectivity index (χ0n) is 10.3. The fraction of sp³-hybridized carbons (Fsp3) is 0.583. The summed E-state index contributed by atoms with van der Waals surface area (Å²) in [7, 11) is 0. The molecule has 0 spiro atoms. The standard InChI is InChI=1S/C12H16N4O2/c1-9-11(18-8-14-9)12(17)15-10-2-5-16(6-3-10)7-4-13/h8,10H,2-3,5-7H2,1H3,(H,15,17). The monoisotopic (exact) mass is 248 g/mol. The summed E-state index contributed by atoms with van der Waals surface area (Å²) in [5, 5.41) is 11.5. The van der Waals surface area contributed by atoms with E-state index in [1.807, 2.05) is 0 Å². The highest BCUT2D eigenvalue weighted by Crippen LogP contribution is 2.11. The van der Waals surface area contributed by atoms with E-state index in [1.54, 1.807) is 6.92 Å². The molecule has 0 unspecified atom stereocenters. The maximum absolute atomic E-state index is 11.9. The number of hydrogen-bond donors (Lipinski definition) is 1. The Morgan fingerprint density at radius 1 is 1.67 bits per heavy atom. The molecule has 0 radical (unpaired) electrons. The van der Waals surface area contributed by atoms with Crippen molar-refractivity contribution in [3.8, 4) is 6.07 Å². The zero-order chi connectivity index (χ0) is 13.0. The Bertz CT molecular complexity index is 455. The number of aromatic nitrogens is 1. The molecule has 0 saturated carbocycles. The lowest BCUT2D eigenvalue weighted by Gasteiger charge is -2.30. The van der Waals surface area contributed by atoms with E-state index in [4.69, 9.17) is 9.68 Å². The molecule has 6 nitrogen and oxygen atoms in total. The number of carbonyl (C=O) groups is 1. The van der Waals surface area contributed by atoms with E-state index < -0.39 is 0 Å². The second-order valence-electron chi connectivity index (χ2n) is 4.45. The van der Waals surface area contributed by atoms with Crippen LogP contribution in [0.5, 0.6) is 0 Å². The summed E-state index contributed by atoms with van der Waals surface area (Å²) >= 11 is 0. The van der Waals surface area contributed by atoms with Gasteiger partial charge in [0, 0.05) is 19.1 Å². The van der Waals surface area contributed by atoms with Crippen LogP contribution in [0.4, 0.5) is 0 Å². The first-order valence-corrected chi connectivity index (χ1v) is 6.01. The summed E-state index contributed by atoms with van der Waals surface area (Å²) in [4.78, 5) is 17.9. The molecule has 1 aliphatic rings. The highest BCUT2D eigenvalue weighted by Gasteiger charge is 2.22. The van der Waals surface area contributed by atoms with Crippen molar-refractivity contribution in [2.24, 2.45) is 0 Å². The summed E-state index contributed by atoms with van der Waals surface area (Å²) < 4.78 is 5.05. The number of carbonyl (C=O) groups excluding carboxylic acids is 1. The van der Waals surface area contributed by atoms with Gasteiger partial charge in [0.05, 0.1) is 18.3 Å². The van der Waals surface area contributed by atoms with Gasteiger partial charge in [-0.05, 0) is 19.8 Å². The molecule has 96 valence electrons. The summed E-state index contributed by atoms with van der Waals surface area (Å²) in [6.45, 7) is 3.89. The normalized spacial score (nSPS) is 17.3. The van der Waals surface area contributed by atoms with Gasteiger partial charge >= 0.3 is 0 Å². The van der Waals surface area contributed by atoms with E-state index in [9.17, 15) is 4.79 Å². The van der Waals surface area contributed by atoms with Crippen LogP contribution in [-0.4, -0.2) is 41.5 Å². The van der Waals surface area contributed by atoms with Gasteiger partial charge in [0.15, 0.2) is 6.39 Å². The molecular formula is C12H16N4O2. The second-order valence-corrected chi connectivity index (χ2v) is 4.45. The van der Waals surface area contributed by atoms with E-state index in [-0.39, 0.29) is 17.7 Å². The molecule has 1 aromatic heterocycles. The SMILES string of the molecule is Cc1ncoc1C(=O)NC1CCN(CC#N)CC1. The number of nitriles is 1. The summed E-state index contributed by atoms with van der Waals surface area (Å²) in [5.74, 6) is 0.0817. The van der Waals surface area contributed by atoms with E-state index in [1.165, 1.54) is 6.39 Å². The molecule has 1 N–H and O–H groups in total. The van der Waals surface area contributed by atoms with E-state index in [2.05, 4.69) is 21.3 Å². The van der Waals surface area contributed by atoms with Crippen molar-refractivity contribution < 1.29 is 9.21 Å². The third-order valence-corrected chi connectivity index (χ3v) is 3.17. The van der Waals surface area contributed by atoms with Crippen LogP contribution in [0.15, 0.2) is 10.8 Å². The number of nitrogens with one attached hydrogen (secondary N) is 1. The second kappa shape index (κ2) is 5.65. The Hall–Kier alpha value is -1.87. The maximum atomic E-state index is 11.9. The van der Waals surface area contributed by atoms with Gasteiger partial charge in [-0.3, -0.25) is 9.69 Å². The van der Waals surface area contributed by atoms with Crippen molar-refractivity contribution in [2.45, 2.75) is 25.8 Å². The summed E-state index contributed by atoms with van der Waals surface area (Å²) in [5.41, 5.74) is 0.606. The lowest BCUT2D eigenvalue weighted by atomic mass is 10.0. The smallest absolute Gasteiger partial charge is 0.289 e. The molecule has 1 amide bonds. The largest absolute Gasteiger partial charge is 0.438 e. The molecule has 2 heterocycles. The molecule has 1 aromatic rings. The van der Waals surface area contributed by atoms with Gasteiger partial charge in [-0.25, -0.2) is 4.98 Å². The molecule has 1 aliphatic heterocycles. The van der Waals surface area contributed by atoms with Crippen LogP contribution in [0, 0.1) is 18.3 Å². The van der Waals surface area contributed by atoms with E-state index >= 15 is 0 Å². The van der Waals surface area contributed by atoms with Gasteiger partial charge in [-0.1, -0.05) is 0 Å². The number of rotatable bonds is 3. The molecule has 2 rings (SSSR count). The van der Waals surface area contributed by atoms with Crippen molar-refractivity contribution in [3.05, 3.63) is 17.8 Å². The van der Waals surface area contributed by atoms with Crippen molar-refractivity contribution in [1.29, 1.82) is 5.26 Å². The van der Waals surface area contributed by atoms with Crippen LogP contribution >= 0.6 is 0 Å². The van der Waals surface area contributed by atoms with Crippen LogP contribution in [-0.2, 0) is 0 Å². The van der Waals surface area contributed by atoms with Gasteiger partial charge in [-0.15, -0.1) is 0 Å². The fourth-order valence-corrected chi connectivity index (χ4v) is 2.11. The predicted octanol–water partition coefficient (Wildman–Crippen LogP) is 0.701. The minimum atomic E-state index is -0.205. The topological polar surface area (TPSA) is 82.2 Å². The Morgan fingerprint density at radius 2 is 2.39 bits per heavy atom. The van der Waals surface area contributed by atoms with Gasteiger partial charge in [0.2, 0.25) is 5.76 Å². The number of nitrogens with zero attached hydrogens (tertiary/aromatic N) is 3. The number of aryl methyl sites for hydroxylation is 1. The highest BCUT2D eigenvalue weighted by molar-refractivity contribution is 5.92. The van der Waals surface area contributed by atoms with Crippen molar-refractivity contribution in [3.63, 3.8) is 0 Å². The molecule has 1 fully saturated rings. The number of amides is 1. The highest BCUT2D eigenvalue weighted by atomic mass is 16.3.